The lowest BCUT2D eigenvalue weighted by molar-refractivity contribution is -0.122. The number of nitrogens with one attached hydrogen (secondary N) is 3. The van der Waals surface area contributed by atoms with Crippen LogP contribution in [0.5, 0.6) is 5.75 Å². The molecule has 8 heteroatoms. The Balaban J connectivity index is 2.06. The molecule has 1 atom stereocenters. The van der Waals surface area contributed by atoms with E-state index in [1.165, 1.54) is 6.07 Å². The summed E-state index contributed by atoms with van der Waals surface area (Å²) in [6.07, 6.45) is 2.21. The lowest BCUT2D eigenvalue weighted by Gasteiger charge is -2.18. The molecule has 1 saturated heterocycles. The van der Waals surface area contributed by atoms with Crippen LogP contribution in [0.1, 0.15) is 24.8 Å². The Bertz CT molecular complexity index is 581. The Hall–Kier alpha value is -2.38. The van der Waals surface area contributed by atoms with Gasteiger partial charge in [-0.3, -0.25) is 4.79 Å². The summed E-state index contributed by atoms with van der Waals surface area (Å²) in [7, 11) is 0. The molecule has 3 N–H and O–H groups in total. The zero-order valence-electron chi connectivity index (χ0n) is 12.7. The third kappa shape index (κ3) is 4.80. The minimum Gasteiger partial charge on any atom is -0.433 e. The number of amides is 3. The molecule has 1 aliphatic rings. The molecule has 126 valence electrons. The van der Waals surface area contributed by atoms with E-state index in [4.69, 9.17) is 0 Å². The van der Waals surface area contributed by atoms with Crippen molar-refractivity contribution in [3.05, 3.63) is 23.8 Å². The van der Waals surface area contributed by atoms with Crippen LogP contribution < -0.4 is 20.7 Å². The van der Waals surface area contributed by atoms with E-state index in [1.54, 1.807) is 19.1 Å². The van der Waals surface area contributed by atoms with Crippen LogP contribution in [-0.4, -0.2) is 31.1 Å². The van der Waals surface area contributed by atoms with E-state index in [0.29, 0.717) is 18.5 Å². The zero-order valence-corrected chi connectivity index (χ0v) is 12.7. The first-order valence-electron chi connectivity index (χ1n) is 7.37. The molecule has 0 aliphatic carbocycles. The van der Waals surface area contributed by atoms with Crippen molar-refractivity contribution in [3.63, 3.8) is 0 Å². The molecule has 1 aliphatic heterocycles. The van der Waals surface area contributed by atoms with Crippen LogP contribution in [0.15, 0.2) is 18.2 Å². The third-order valence-electron chi connectivity index (χ3n) is 3.53. The number of anilines is 1. The van der Waals surface area contributed by atoms with Crippen molar-refractivity contribution >= 4 is 17.6 Å². The molecule has 1 aromatic rings. The summed E-state index contributed by atoms with van der Waals surface area (Å²) in [6.45, 7) is -0.747. The first-order chi connectivity index (χ1) is 11.0. The SMILES string of the molecule is Cc1cccc(OC(F)F)c1NC(=O)N[C@H]1CCCCNC1=O. The summed E-state index contributed by atoms with van der Waals surface area (Å²) in [6, 6.07) is 3.27. The summed E-state index contributed by atoms with van der Waals surface area (Å²) in [5.41, 5.74) is 0.725. The molecular formula is C15H19F2N3O3. The van der Waals surface area contributed by atoms with Gasteiger partial charge in [0.25, 0.3) is 0 Å². The van der Waals surface area contributed by atoms with Crippen LogP contribution in [0.4, 0.5) is 19.3 Å². The number of hydrogen-bond acceptors (Lipinski definition) is 3. The van der Waals surface area contributed by atoms with Crippen molar-refractivity contribution in [2.45, 2.75) is 38.8 Å². The first-order valence-corrected chi connectivity index (χ1v) is 7.37. The fraction of sp³-hybridized carbons (Fsp3) is 0.467. The lowest BCUT2D eigenvalue weighted by atomic mass is 10.1. The Morgan fingerprint density at radius 2 is 2.17 bits per heavy atom. The van der Waals surface area contributed by atoms with Gasteiger partial charge in [0.05, 0.1) is 5.69 Å². The first kappa shape index (κ1) is 17.0. The highest BCUT2D eigenvalue weighted by Gasteiger charge is 2.23. The molecule has 1 heterocycles. The van der Waals surface area contributed by atoms with Gasteiger partial charge in [-0.25, -0.2) is 4.79 Å². The summed E-state index contributed by atoms with van der Waals surface area (Å²) < 4.78 is 29.3. The van der Waals surface area contributed by atoms with Gasteiger partial charge in [-0.15, -0.1) is 0 Å². The number of hydrogen-bond donors (Lipinski definition) is 3. The largest absolute Gasteiger partial charge is 0.433 e. The molecule has 0 aromatic heterocycles. The van der Waals surface area contributed by atoms with E-state index in [1.807, 2.05) is 0 Å². The topological polar surface area (TPSA) is 79.5 Å². The fourth-order valence-electron chi connectivity index (χ4n) is 2.38. The molecular weight excluding hydrogens is 308 g/mol. The molecule has 3 amide bonds. The molecule has 6 nitrogen and oxygen atoms in total. The zero-order chi connectivity index (χ0) is 16.8. The fourth-order valence-corrected chi connectivity index (χ4v) is 2.38. The Morgan fingerprint density at radius 1 is 1.39 bits per heavy atom. The monoisotopic (exact) mass is 327 g/mol. The second-order valence-corrected chi connectivity index (χ2v) is 5.26. The van der Waals surface area contributed by atoms with E-state index >= 15 is 0 Å². The number of para-hydroxylation sites is 1. The molecule has 2 rings (SSSR count). The maximum atomic E-state index is 12.4. The lowest BCUT2D eigenvalue weighted by Crippen LogP contribution is -2.47. The van der Waals surface area contributed by atoms with Crippen LogP contribution in [-0.2, 0) is 4.79 Å². The van der Waals surface area contributed by atoms with Gasteiger partial charge < -0.3 is 20.7 Å². The van der Waals surface area contributed by atoms with E-state index in [-0.39, 0.29) is 17.3 Å². The van der Waals surface area contributed by atoms with E-state index in [2.05, 4.69) is 20.7 Å². The van der Waals surface area contributed by atoms with Crippen molar-refractivity contribution in [1.29, 1.82) is 0 Å². The van der Waals surface area contributed by atoms with E-state index in [0.717, 1.165) is 12.8 Å². The van der Waals surface area contributed by atoms with Gasteiger partial charge in [-0.2, -0.15) is 8.78 Å². The molecule has 0 saturated carbocycles. The number of carbonyl (C=O) groups is 2. The molecule has 0 spiro atoms. The minimum atomic E-state index is -2.99. The minimum absolute atomic E-state index is 0.125. The van der Waals surface area contributed by atoms with E-state index in [9.17, 15) is 18.4 Å². The Morgan fingerprint density at radius 3 is 2.91 bits per heavy atom. The highest BCUT2D eigenvalue weighted by molar-refractivity contribution is 5.95. The highest BCUT2D eigenvalue weighted by atomic mass is 19.3. The number of aryl methyl sites for hydroxylation is 1. The number of rotatable bonds is 4. The average Bonchev–Trinajstić information content (AvgIpc) is 2.67. The van der Waals surface area contributed by atoms with Gasteiger partial charge >= 0.3 is 12.6 Å². The molecule has 1 aromatic carbocycles. The van der Waals surface area contributed by atoms with Gasteiger partial charge in [-0.1, -0.05) is 12.1 Å². The van der Waals surface area contributed by atoms with Crippen molar-refractivity contribution in [3.8, 4) is 5.75 Å². The van der Waals surface area contributed by atoms with Crippen LogP contribution in [0, 0.1) is 6.92 Å². The van der Waals surface area contributed by atoms with Gasteiger partial charge in [0.2, 0.25) is 5.91 Å². The van der Waals surface area contributed by atoms with Crippen LogP contribution in [0.25, 0.3) is 0 Å². The van der Waals surface area contributed by atoms with Gasteiger partial charge in [0.15, 0.2) is 0 Å². The van der Waals surface area contributed by atoms with Gasteiger partial charge in [0.1, 0.15) is 11.8 Å². The van der Waals surface area contributed by atoms with E-state index < -0.39 is 18.7 Å². The van der Waals surface area contributed by atoms with Crippen molar-refractivity contribution in [2.24, 2.45) is 0 Å². The van der Waals surface area contributed by atoms with Crippen LogP contribution >= 0.6 is 0 Å². The van der Waals surface area contributed by atoms with Crippen molar-refractivity contribution in [1.82, 2.24) is 10.6 Å². The Labute approximate surface area is 132 Å². The maximum absolute atomic E-state index is 12.4. The van der Waals surface area contributed by atoms with Gasteiger partial charge in [0, 0.05) is 6.54 Å². The molecule has 0 radical (unpaired) electrons. The molecule has 23 heavy (non-hydrogen) atoms. The Kier molecular flexibility index (Phi) is 5.72. The average molecular weight is 327 g/mol. The summed E-state index contributed by atoms with van der Waals surface area (Å²) >= 11 is 0. The molecule has 1 fully saturated rings. The maximum Gasteiger partial charge on any atom is 0.387 e. The smallest absolute Gasteiger partial charge is 0.387 e. The predicted molar refractivity (Wildman–Crippen MR) is 80.6 cm³/mol. The number of alkyl halides is 2. The normalized spacial score (nSPS) is 18.1. The number of carbonyl (C=O) groups excluding carboxylic acids is 2. The molecule has 0 unspecified atom stereocenters. The quantitative estimate of drug-likeness (QED) is 0.794. The number of halogens is 2. The summed E-state index contributed by atoms with van der Waals surface area (Å²) in [4.78, 5) is 23.9. The number of benzene rings is 1. The number of ether oxygens (including phenoxy) is 1. The summed E-state index contributed by atoms with van der Waals surface area (Å²) in [5.74, 6) is -0.369. The predicted octanol–water partition coefficient (Wildman–Crippen LogP) is 2.39. The highest BCUT2D eigenvalue weighted by Crippen LogP contribution is 2.29. The van der Waals surface area contributed by atoms with Crippen molar-refractivity contribution < 1.29 is 23.1 Å². The third-order valence-corrected chi connectivity index (χ3v) is 3.53. The summed E-state index contributed by atoms with van der Waals surface area (Å²) in [5, 5.41) is 7.75. The second-order valence-electron chi connectivity index (χ2n) is 5.26. The van der Waals surface area contributed by atoms with Crippen LogP contribution in [0.2, 0.25) is 0 Å². The van der Waals surface area contributed by atoms with Crippen molar-refractivity contribution in [2.75, 3.05) is 11.9 Å². The molecule has 0 bridgehead atoms. The number of urea groups is 1. The standard InChI is InChI=1S/C15H19F2N3O3/c1-9-5-4-7-11(23-14(16)17)12(9)20-15(22)19-10-6-2-3-8-18-13(10)21/h4-5,7,10,14H,2-3,6,8H2,1H3,(H,18,21)(H2,19,20,22)/t10-/m0/s1. The van der Waals surface area contributed by atoms with Gasteiger partial charge in [-0.05, 0) is 37.8 Å². The second kappa shape index (κ2) is 7.75. The van der Waals surface area contributed by atoms with Crippen LogP contribution in [0.3, 0.4) is 0 Å².